The smallest absolute Gasteiger partial charge is 0.0801 e. The SMILES string of the molecule is CCc1c(/C=C/C=C2\Sc3ccccc3N2CC)sc2ccccc12. The van der Waals surface area contributed by atoms with Crippen molar-refractivity contribution in [2.24, 2.45) is 0 Å². The first kappa shape index (κ1) is 16.5. The number of anilines is 1. The molecule has 2 aromatic carbocycles. The summed E-state index contributed by atoms with van der Waals surface area (Å²) in [6.45, 7) is 5.45. The second-order valence-electron chi connectivity index (χ2n) is 5.97. The van der Waals surface area contributed by atoms with E-state index in [1.54, 1.807) is 0 Å². The highest BCUT2D eigenvalue weighted by molar-refractivity contribution is 8.03. The van der Waals surface area contributed by atoms with E-state index in [4.69, 9.17) is 0 Å². The van der Waals surface area contributed by atoms with Crippen molar-refractivity contribution in [2.45, 2.75) is 25.2 Å². The second-order valence-corrected chi connectivity index (χ2v) is 8.12. The lowest BCUT2D eigenvalue weighted by molar-refractivity contribution is 1.00. The maximum Gasteiger partial charge on any atom is 0.0801 e. The van der Waals surface area contributed by atoms with Gasteiger partial charge < -0.3 is 4.90 Å². The Balaban J connectivity index is 1.64. The van der Waals surface area contributed by atoms with Gasteiger partial charge in [-0.05, 0) is 54.6 Å². The fourth-order valence-electron chi connectivity index (χ4n) is 3.34. The minimum atomic E-state index is 0.993. The quantitative estimate of drug-likeness (QED) is 0.493. The fourth-order valence-corrected chi connectivity index (χ4v) is 5.69. The molecule has 1 aliphatic rings. The van der Waals surface area contributed by atoms with Crippen LogP contribution < -0.4 is 4.90 Å². The molecule has 0 saturated carbocycles. The van der Waals surface area contributed by atoms with Crippen LogP contribution in [-0.2, 0) is 6.42 Å². The minimum absolute atomic E-state index is 0.993. The van der Waals surface area contributed by atoms with E-state index < -0.39 is 0 Å². The Morgan fingerprint density at radius 2 is 1.80 bits per heavy atom. The van der Waals surface area contributed by atoms with Crippen molar-refractivity contribution in [3.8, 4) is 0 Å². The van der Waals surface area contributed by atoms with Crippen LogP contribution in [-0.4, -0.2) is 6.54 Å². The monoisotopic (exact) mass is 363 g/mol. The van der Waals surface area contributed by atoms with Crippen molar-refractivity contribution in [1.29, 1.82) is 0 Å². The summed E-state index contributed by atoms with van der Waals surface area (Å²) in [4.78, 5) is 5.11. The zero-order chi connectivity index (χ0) is 17.2. The average Bonchev–Trinajstić information content (AvgIpc) is 3.18. The van der Waals surface area contributed by atoms with Gasteiger partial charge in [-0.2, -0.15) is 0 Å². The van der Waals surface area contributed by atoms with Crippen LogP contribution in [0.1, 0.15) is 24.3 Å². The first-order valence-electron chi connectivity index (χ1n) is 8.75. The Hall–Kier alpha value is -1.97. The molecule has 1 aromatic heterocycles. The van der Waals surface area contributed by atoms with Gasteiger partial charge in [0.25, 0.3) is 0 Å². The Labute approximate surface area is 157 Å². The molecular weight excluding hydrogens is 342 g/mol. The molecule has 1 aliphatic heterocycles. The maximum absolute atomic E-state index is 2.38. The van der Waals surface area contributed by atoms with Gasteiger partial charge in [0, 0.05) is 21.0 Å². The first-order valence-corrected chi connectivity index (χ1v) is 10.4. The Bertz CT molecular complexity index is 965. The third kappa shape index (κ3) is 3.03. The minimum Gasteiger partial charge on any atom is -0.335 e. The molecule has 1 nitrogen and oxygen atoms in total. The van der Waals surface area contributed by atoms with Gasteiger partial charge >= 0.3 is 0 Å². The van der Waals surface area contributed by atoms with Crippen LogP contribution in [0.5, 0.6) is 0 Å². The number of thiophene rings is 1. The molecule has 3 aromatic rings. The number of benzene rings is 2. The normalized spacial score (nSPS) is 15.6. The molecule has 0 saturated heterocycles. The Kier molecular flexibility index (Phi) is 4.69. The molecule has 0 spiro atoms. The molecule has 3 heteroatoms. The van der Waals surface area contributed by atoms with Crippen LogP contribution in [0.4, 0.5) is 5.69 Å². The van der Waals surface area contributed by atoms with Gasteiger partial charge in [0.2, 0.25) is 0 Å². The summed E-state index contributed by atoms with van der Waals surface area (Å²) in [5, 5.41) is 2.71. The number of allylic oxidation sites excluding steroid dienone is 2. The number of aryl methyl sites for hydroxylation is 1. The molecule has 126 valence electrons. The molecule has 0 bridgehead atoms. The zero-order valence-corrected chi connectivity index (χ0v) is 16.2. The van der Waals surface area contributed by atoms with Gasteiger partial charge in [-0.25, -0.2) is 0 Å². The van der Waals surface area contributed by atoms with Gasteiger partial charge in [0.15, 0.2) is 0 Å². The van der Waals surface area contributed by atoms with Gasteiger partial charge in [-0.15, -0.1) is 11.3 Å². The standard InChI is InChI=1S/C22H21NS2/c1-3-16-17-10-5-7-12-20(17)24-19(16)14-9-15-22-23(4-2)18-11-6-8-13-21(18)25-22/h5-15H,3-4H2,1-2H3/b14-9+,22-15-. The summed E-state index contributed by atoms with van der Waals surface area (Å²) >= 11 is 3.75. The lowest BCUT2D eigenvalue weighted by atomic mass is 10.1. The van der Waals surface area contributed by atoms with E-state index in [9.17, 15) is 0 Å². The lowest BCUT2D eigenvalue weighted by Gasteiger charge is -2.17. The van der Waals surface area contributed by atoms with Crippen LogP contribution in [0.2, 0.25) is 0 Å². The van der Waals surface area contributed by atoms with E-state index in [1.165, 1.54) is 36.1 Å². The summed E-state index contributed by atoms with van der Waals surface area (Å²) in [5.41, 5.74) is 2.79. The zero-order valence-electron chi connectivity index (χ0n) is 14.5. The van der Waals surface area contributed by atoms with Crippen LogP contribution in [0.3, 0.4) is 0 Å². The van der Waals surface area contributed by atoms with Crippen molar-refractivity contribution in [1.82, 2.24) is 0 Å². The summed E-state index contributed by atoms with van der Waals surface area (Å²) in [6.07, 6.45) is 7.80. The number of rotatable bonds is 4. The summed E-state index contributed by atoms with van der Waals surface area (Å²) < 4.78 is 1.38. The predicted molar refractivity (Wildman–Crippen MR) is 114 cm³/mol. The van der Waals surface area contributed by atoms with Crippen LogP contribution in [0.15, 0.2) is 70.6 Å². The van der Waals surface area contributed by atoms with Crippen molar-refractivity contribution < 1.29 is 0 Å². The van der Waals surface area contributed by atoms with E-state index in [1.807, 2.05) is 23.1 Å². The summed E-state index contributed by atoms with van der Waals surface area (Å²) in [7, 11) is 0. The van der Waals surface area contributed by atoms with Crippen molar-refractivity contribution in [3.05, 3.63) is 76.2 Å². The topological polar surface area (TPSA) is 3.24 Å². The summed E-state index contributed by atoms with van der Waals surface area (Å²) in [6, 6.07) is 17.4. The number of hydrogen-bond acceptors (Lipinski definition) is 3. The molecule has 4 rings (SSSR count). The van der Waals surface area contributed by atoms with Crippen molar-refractivity contribution >= 4 is 44.9 Å². The van der Waals surface area contributed by atoms with Gasteiger partial charge in [0.1, 0.15) is 0 Å². The Morgan fingerprint density at radius 1 is 1.00 bits per heavy atom. The van der Waals surface area contributed by atoms with E-state index in [0.29, 0.717) is 0 Å². The van der Waals surface area contributed by atoms with Crippen molar-refractivity contribution in [3.63, 3.8) is 0 Å². The molecule has 0 unspecified atom stereocenters. The molecule has 0 radical (unpaired) electrons. The molecule has 25 heavy (non-hydrogen) atoms. The third-order valence-electron chi connectivity index (χ3n) is 4.52. The summed E-state index contributed by atoms with van der Waals surface area (Å²) in [5.74, 6) is 0. The number of nitrogens with zero attached hydrogens (tertiary/aromatic N) is 1. The first-order chi connectivity index (χ1) is 12.3. The third-order valence-corrected chi connectivity index (χ3v) is 6.83. The van der Waals surface area contributed by atoms with Gasteiger partial charge in [-0.1, -0.05) is 55.1 Å². The Morgan fingerprint density at radius 3 is 2.64 bits per heavy atom. The van der Waals surface area contributed by atoms with E-state index >= 15 is 0 Å². The molecular formula is C22H21NS2. The van der Waals surface area contributed by atoms with Crippen LogP contribution in [0, 0.1) is 0 Å². The average molecular weight is 364 g/mol. The molecule has 0 amide bonds. The molecule has 0 aliphatic carbocycles. The van der Waals surface area contributed by atoms with Crippen LogP contribution in [0.25, 0.3) is 16.2 Å². The molecule has 0 N–H and O–H groups in total. The molecule has 0 fully saturated rings. The van der Waals surface area contributed by atoms with E-state index in [2.05, 4.69) is 85.5 Å². The highest BCUT2D eigenvalue weighted by atomic mass is 32.2. The van der Waals surface area contributed by atoms with Gasteiger partial charge in [-0.3, -0.25) is 0 Å². The molecule has 2 heterocycles. The maximum atomic E-state index is 2.38. The largest absolute Gasteiger partial charge is 0.335 e. The van der Waals surface area contributed by atoms with E-state index in [-0.39, 0.29) is 0 Å². The highest BCUT2D eigenvalue weighted by Crippen LogP contribution is 2.45. The van der Waals surface area contributed by atoms with Crippen molar-refractivity contribution in [2.75, 3.05) is 11.4 Å². The fraction of sp³-hybridized carbons (Fsp3) is 0.182. The number of fused-ring (bicyclic) bond motifs is 2. The van der Waals surface area contributed by atoms with Crippen LogP contribution >= 0.6 is 23.1 Å². The predicted octanol–water partition coefficient (Wildman–Crippen LogP) is 6.95. The second kappa shape index (κ2) is 7.11. The van der Waals surface area contributed by atoms with Gasteiger partial charge in [0.05, 0.1) is 10.7 Å². The number of thioether (sulfide) groups is 1. The lowest BCUT2D eigenvalue weighted by Crippen LogP contribution is -2.16. The molecule has 0 atom stereocenters. The number of hydrogen-bond donors (Lipinski definition) is 0. The highest BCUT2D eigenvalue weighted by Gasteiger charge is 2.22. The number of para-hydroxylation sites is 1. The van der Waals surface area contributed by atoms with E-state index in [0.717, 1.165) is 13.0 Å².